The molecule has 1 aliphatic heterocycles. The molecule has 0 radical (unpaired) electrons. The molecule has 0 saturated heterocycles. The zero-order chi connectivity index (χ0) is 17.8. The molecule has 3 rings (SSSR count). The predicted octanol–water partition coefficient (Wildman–Crippen LogP) is 3.01. The van der Waals surface area contributed by atoms with Gasteiger partial charge >= 0.3 is 6.09 Å². The zero-order valence-electron chi connectivity index (χ0n) is 14.9. The Morgan fingerprint density at radius 3 is 2.76 bits per heavy atom. The molecule has 0 spiro atoms. The lowest BCUT2D eigenvalue weighted by Gasteiger charge is -2.27. The molecule has 1 aliphatic rings. The number of hydrogen-bond acceptors (Lipinski definition) is 4. The van der Waals surface area contributed by atoms with Gasteiger partial charge in [0, 0.05) is 25.6 Å². The number of nitrogens with two attached hydrogens (primary N) is 1. The number of benzene rings is 1. The molecular weight excluding hydrogens is 316 g/mol. The van der Waals surface area contributed by atoms with Crippen molar-refractivity contribution in [3.63, 3.8) is 0 Å². The van der Waals surface area contributed by atoms with Crippen LogP contribution in [0.1, 0.15) is 49.0 Å². The van der Waals surface area contributed by atoms with Crippen LogP contribution in [0.2, 0.25) is 0 Å². The Morgan fingerprint density at radius 2 is 2.08 bits per heavy atom. The number of rotatable bonds is 5. The molecule has 2 N–H and O–H groups in total. The largest absolute Gasteiger partial charge is 0.445 e. The van der Waals surface area contributed by atoms with Gasteiger partial charge in [0.15, 0.2) is 0 Å². The fraction of sp³-hybridized carbons (Fsp3) is 0.474. The second-order valence-electron chi connectivity index (χ2n) is 6.49. The maximum absolute atomic E-state index is 12.4. The molecule has 1 unspecified atom stereocenters. The number of ether oxygens (including phenoxy) is 1. The molecule has 0 aliphatic carbocycles. The van der Waals surface area contributed by atoms with Gasteiger partial charge in [-0.05, 0) is 12.0 Å². The Kier molecular flexibility index (Phi) is 5.38. The summed E-state index contributed by atoms with van der Waals surface area (Å²) in [4.78, 5) is 18.9. The topological polar surface area (TPSA) is 73.4 Å². The van der Waals surface area contributed by atoms with Crippen molar-refractivity contribution in [3.05, 3.63) is 53.1 Å². The SMILES string of the molecule is CCC(C)c1nc2n(c1CN)CCN(C(=O)OCc1ccccc1)C2. The second-order valence-corrected chi connectivity index (χ2v) is 6.49. The monoisotopic (exact) mass is 342 g/mol. The number of amides is 1. The average molecular weight is 342 g/mol. The molecule has 6 heteroatoms. The molecule has 1 atom stereocenters. The molecule has 1 amide bonds. The lowest BCUT2D eigenvalue weighted by atomic mass is 10.0. The molecule has 134 valence electrons. The van der Waals surface area contributed by atoms with Crippen LogP contribution in [0.3, 0.4) is 0 Å². The van der Waals surface area contributed by atoms with Crippen LogP contribution in [0.4, 0.5) is 4.79 Å². The Hall–Kier alpha value is -2.34. The fourth-order valence-electron chi connectivity index (χ4n) is 3.18. The van der Waals surface area contributed by atoms with E-state index >= 15 is 0 Å². The van der Waals surface area contributed by atoms with E-state index in [0.717, 1.165) is 29.2 Å². The summed E-state index contributed by atoms with van der Waals surface area (Å²) >= 11 is 0. The third kappa shape index (κ3) is 3.69. The van der Waals surface area contributed by atoms with Gasteiger partial charge in [0.05, 0.1) is 17.9 Å². The van der Waals surface area contributed by atoms with Crippen LogP contribution in [0.15, 0.2) is 30.3 Å². The van der Waals surface area contributed by atoms with Crippen molar-refractivity contribution in [1.29, 1.82) is 0 Å². The maximum atomic E-state index is 12.4. The summed E-state index contributed by atoms with van der Waals surface area (Å²) in [6, 6.07) is 9.71. The first-order chi connectivity index (χ1) is 12.1. The van der Waals surface area contributed by atoms with Gasteiger partial charge in [0.1, 0.15) is 12.4 Å². The van der Waals surface area contributed by atoms with Crippen LogP contribution in [0.5, 0.6) is 0 Å². The Morgan fingerprint density at radius 1 is 1.32 bits per heavy atom. The molecule has 6 nitrogen and oxygen atoms in total. The van der Waals surface area contributed by atoms with Crippen LogP contribution >= 0.6 is 0 Å². The van der Waals surface area contributed by atoms with Gasteiger partial charge in [-0.1, -0.05) is 44.2 Å². The van der Waals surface area contributed by atoms with Crippen molar-refractivity contribution >= 4 is 6.09 Å². The summed E-state index contributed by atoms with van der Waals surface area (Å²) in [6.45, 7) is 6.88. The molecule has 0 saturated carbocycles. The van der Waals surface area contributed by atoms with Crippen LogP contribution in [-0.4, -0.2) is 27.1 Å². The molecule has 2 aromatic rings. The zero-order valence-corrected chi connectivity index (χ0v) is 14.9. The van der Waals surface area contributed by atoms with Crippen molar-refractivity contribution in [1.82, 2.24) is 14.5 Å². The highest BCUT2D eigenvalue weighted by atomic mass is 16.6. The summed E-state index contributed by atoms with van der Waals surface area (Å²) < 4.78 is 7.61. The van der Waals surface area contributed by atoms with Gasteiger partial charge in [0.2, 0.25) is 0 Å². The molecule has 25 heavy (non-hydrogen) atoms. The number of aromatic nitrogens is 2. The standard InChI is InChI=1S/C19H26N4O2/c1-3-14(2)18-16(11-20)23-10-9-22(12-17(23)21-18)19(24)25-13-15-7-5-4-6-8-15/h4-8,14H,3,9-13,20H2,1-2H3. The maximum Gasteiger partial charge on any atom is 0.410 e. The van der Waals surface area contributed by atoms with Gasteiger partial charge < -0.3 is 15.0 Å². The van der Waals surface area contributed by atoms with Gasteiger partial charge in [-0.25, -0.2) is 9.78 Å². The van der Waals surface area contributed by atoms with Crippen LogP contribution in [0, 0.1) is 0 Å². The molecular formula is C19H26N4O2. The van der Waals surface area contributed by atoms with E-state index in [9.17, 15) is 4.79 Å². The van der Waals surface area contributed by atoms with Crippen LogP contribution in [-0.2, 0) is 31.0 Å². The molecule has 2 heterocycles. The summed E-state index contributed by atoms with van der Waals surface area (Å²) in [5.74, 6) is 1.27. The van der Waals surface area contributed by atoms with E-state index in [1.807, 2.05) is 30.3 Å². The van der Waals surface area contributed by atoms with E-state index in [-0.39, 0.29) is 12.7 Å². The molecule has 0 bridgehead atoms. The quantitative estimate of drug-likeness (QED) is 0.906. The molecule has 0 fully saturated rings. The highest BCUT2D eigenvalue weighted by molar-refractivity contribution is 5.67. The number of imidazole rings is 1. The number of hydrogen-bond donors (Lipinski definition) is 1. The number of carbonyl (C=O) groups excluding carboxylic acids is 1. The lowest BCUT2D eigenvalue weighted by Crippen LogP contribution is -2.39. The lowest BCUT2D eigenvalue weighted by molar-refractivity contribution is 0.0859. The average Bonchev–Trinajstić information content (AvgIpc) is 3.04. The summed E-state index contributed by atoms with van der Waals surface area (Å²) in [7, 11) is 0. The smallest absolute Gasteiger partial charge is 0.410 e. The van der Waals surface area contributed by atoms with Crippen molar-refractivity contribution in [2.24, 2.45) is 5.73 Å². The van der Waals surface area contributed by atoms with Crippen LogP contribution < -0.4 is 5.73 Å². The van der Waals surface area contributed by atoms with Gasteiger partial charge in [-0.3, -0.25) is 4.90 Å². The minimum atomic E-state index is -0.294. The normalized spacial score (nSPS) is 14.9. The van der Waals surface area contributed by atoms with E-state index in [1.165, 1.54) is 0 Å². The van der Waals surface area contributed by atoms with E-state index in [4.69, 9.17) is 15.5 Å². The number of nitrogens with zero attached hydrogens (tertiary/aromatic N) is 3. The first-order valence-corrected chi connectivity index (χ1v) is 8.87. The van der Waals surface area contributed by atoms with E-state index in [0.29, 0.717) is 32.1 Å². The summed E-state index contributed by atoms with van der Waals surface area (Å²) in [5.41, 5.74) is 9.10. The van der Waals surface area contributed by atoms with E-state index < -0.39 is 0 Å². The number of fused-ring (bicyclic) bond motifs is 1. The van der Waals surface area contributed by atoms with E-state index in [1.54, 1.807) is 4.90 Å². The molecule has 1 aromatic carbocycles. The fourth-order valence-corrected chi connectivity index (χ4v) is 3.18. The number of carbonyl (C=O) groups is 1. The molecule has 1 aromatic heterocycles. The first-order valence-electron chi connectivity index (χ1n) is 8.87. The third-order valence-electron chi connectivity index (χ3n) is 4.84. The van der Waals surface area contributed by atoms with E-state index in [2.05, 4.69) is 18.4 Å². The Balaban J connectivity index is 1.68. The minimum absolute atomic E-state index is 0.288. The Labute approximate surface area is 148 Å². The summed E-state index contributed by atoms with van der Waals surface area (Å²) in [5, 5.41) is 0. The second kappa shape index (κ2) is 7.70. The third-order valence-corrected chi connectivity index (χ3v) is 4.84. The van der Waals surface area contributed by atoms with Crippen molar-refractivity contribution in [2.75, 3.05) is 6.54 Å². The van der Waals surface area contributed by atoms with Gasteiger partial charge in [-0.2, -0.15) is 0 Å². The highest BCUT2D eigenvalue weighted by Crippen LogP contribution is 2.26. The highest BCUT2D eigenvalue weighted by Gasteiger charge is 2.27. The Bertz CT molecular complexity index is 727. The van der Waals surface area contributed by atoms with Crippen molar-refractivity contribution in [3.8, 4) is 0 Å². The van der Waals surface area contributed by atoms with Crippen molar-refractivity contribution in [2.45, 2.75) is 52.4 Å². The van der Waals surface area contributed by atoms with Gasteiger partial charge in [-0.15, -0.1) is 0 Å². The first kappa shape index (κ1) is 17.5. The van der Waals surface area contributed by atoms with Crippen LogP contribution in [0.25, 0.3) is 0 Å². The summed E-state index contributed by atoms with van der Waals surface area (Å²) in [6.07, 6.45) is 0.726. The predicted molar refractivity (Wildman–Crippen MR) is 95.9 cm³/mol. The van der Waals surface area contributed by atoms with Gasteiger partial charge in [0.25, 0.3) is 0 Å². The van der Waals surface area contributed by atoms with Crippen molar-refractivity contribution < 1.29 is 9.53 Å². The minimum Gasteiger partial charge on any atom is -0.445 e.